The average Bonchev–Trinajstić information content (AvgIpc) is 2.99. The quantitative estimate of drug-likeness (QED) is 0.883. The van der Waals surface area contributed by atoms with Crippen molar-refractivity contribution in [3.63, 3.8) is 0 Å². The number of hydrogen-bond donors (Lipinski definition) is 1. The van der Waals surface area contributed by atoms with Gasteiger partial charge in [-0.2, -0.15) is 0 Å². The molecule has 2 saturated heterocycles. The average molecular weight is 346 g/mol. The van der Waals surface area contributed by atoms with E-state index in [1.807, 2.05) is 30.1 Å². The molecule has 1 amide bonds. The Balaban J connectivity index is 1.56. The zero-order valence-corrected chi connectivity index (χ0v) is 15.6. The maximum atomic E-state index is 12.6. The molecule has 0 radical (unpaired) electrons. The topological polar surface area (TPSA) is 57.7 Å². The highest BCUT2D eigenvalue weighted by Gasteiger charge is 2.44. The lowest BCUT2D eigenvalue weighted by molar-refractivity contribution is -0.134. The molecule has 1 aromatic heterocycles. The lowest BCUT2D eigenvalue weighted by Gasteiger charge is -2.38. The van der Waals surface area contributed by atoms with Crippen molar-refractivity contribution in [1.29, 1.82) is 0 Å². The molecule has 25 heavy (non-hydrogen) atoms. The Hall–Kier alpha value is -1.66. The Labute approximate surface area is 150 Å². The van der Waals surface area contributed by atoms with Gasteiger partial charge in [0.25, 0.3) is 0 Å². The number of likely N-dealkylation sites (tertiary alicyclic amines) is 1. The number of carbonyl (C=O) groups is 1. The second-order valence-electron chi connectivity index (χ2n) is 7.65. The highest BCUT2D eigenvalue weighted by molar-refractivity contribution is 5.78. The Bertz CT molecular complexity index is 580. The van der Waals surface area contributed by atoms with Gasteiger partial charge in [-0.3, -0.25) is 9.69 Å². The molecule has 1 spiro atoms. The van der Waals surface area contributed by atoms with Crippen molar-refractivity contribution in [3.05, 3.63) is 24.4 Å². The lowest BCUT2D eigenvalue weighted by Crippen LogP contribution is -2.48. The van der Waals surface area contributed by atoms with Crippen LogP contribution in [0.4, 0.5) is 5.82 Å². The molecule has 0 aliphatic carbocycles. The van der Waals surface area contributed by atoms with Gasteiger partial charge in [-0.25, -0.2) is 4.98 Å². The van der Waals surface area contributed by atoms with Gasteiger partial charge < -0.3 is 15.0 Å². The van der Waals surface area contributed by atoms with Crippen LogP contribution in [0, 0.1) is 0 Å². The van der Waals surface area contributed by atoms with E-state index in [4.69, 9.17) is 4.74 Å². The number of pyridine rings is 1. The third kappa shape index (κ3) is 4.50. The van der Waals surface area contributed by atoms with Crippen molar-refractivity contribution in [1.82, 2.24) is 14.8 Å². The maximum Gasteiger partial charge on any atom is 0.236 e. The predicted molar refractivity (Wildman–Crippen MR) is 98.5 cm³/mol. The van der Waals surface area contributed by atoms with Crippen molar-refractivity contribution in [3.8, 4) is 0 Å². The number of nitrogens with zero attached hydrogens (tertiary/aromatic N) is 3. The van der Waals surface area contributed by atoms with Crippen molar-refractivity contribution in [2.24, 2.45) is 0 Å². The van der Waals surface area contributed by atoms with Crippen LogP contribution in [-0.4, -0.2) is 71.7 Å². The fraction of sp³-hybridized carbons (Fsp3) is 0.684. The van der Waals surface area contributed by atoms with E-state index in [1.54, 1.807) is 6.20 Å². The van der Waals surface area contributed by atoms with Gasteiger partial charge in [-0.1, -0.05) is 6.07 Å². The fourth-order valence-electron chi connectivity index (χ4n) is 3.65. The second kappa shape index (κ2) is 7.70. The normalized spacial score (nSPS) is 26.6. The molecule has 6 nitrogen and oxygen atoms in total. The molecule has 2 aliphatic heterocycles. The molecule has 0 bridgehead atoms. The lowest BCUT2D eigenvalue weighted by atomic mass is 9.89. The Morgan fingerprint density at radius 3 is 3.08 bits per heavy atom. The number of rotatable bonds is 5. The van der Waals surface area contributed by atoms with Crippen LogP contribution in [-0.2, 0) is 9.53 Å². The number of nitrogens with one attached hydrogen (secondary N) is 1. The third-order valence-corrected chi connectivity index (χ3v) is 5.45. The van der Waals surface area contributed by atoms with E-state index in [0.717, 1.165) is 38.2 Å². The predicted octanol–water partition coefficient (Wildman–Crippen LogP) is 1.98. The van der Waals surface area contributed by atoms with Gasteiger partial charge in [0.2, 0.25) is 5.91 Å². The summed E-state index contributed by atoms with van der Waals surface area (Å²) in [6.45, 7) is 6.93. The number of ether oxygens (including phenoxy) is 1. The first-order valence-corrected chi connectivity index (χ1v) is 9.27. The van der Waals surface area contributed by atoms with E-state index in [9.17, 15) is 4.79 Å². The molecule has 6 heteroatoms. The summed E-state index contributed by atoms with van der Waals surface area (Å²) < 4.78 is 6.16. The summed E-state index contributed by atoms with van der Waals surface area (Å²) in [5.74, 6) is 1.12. The zero-order chi connectivity index (χ0) is 17.9. The van der Waals surface area contributed by atoms with E-state index in [1.165, 1.54) is 0 Å². The molecule has 0 unspecified atom stereocenters. The van der Waals surface area contributed by atoms with Crippen LogP contribution in [0.1, 0.15) is 33.1 Å². The van der Waals surface area contributed by atoms with E-state index in [-0.39, 0.29) is 11.5 Å². The third-order valence-electron chi connectivity index (χ3n) is 5.45. The minimum atomic E-state index is -0.198. The van der Waals surface area contributed by atoms with Gasteiger partial charge >= 0.3 is 0 Å². The number of carbonyl (C=O) groups excluding carboxylic acids is 1. The molecule has 3 rings (SSSR count). The molecule has 2 atom stereocenters. The largest absolute Gasteiger partial charge is 0.373 e. The van der Waals surface area contributed by atoms with Gasteiger partial charge in [0, 0.05) is 38.0 Å². The van der Waals surface area contributed by atoms with Crippen molar-refractivity contribution in [2.45, 2.75) is 50.8 Å². The number of hydrogen-bond acceptors (Lipinski definition) is 5. The molecule has 2 aliphatic rings. The maximum absolute atomic E-state index is 12.6. The summed E-state index contributed by atoms with van der Waals surface area (Å²) in [5.41, 5.74) is -0.198. The summed E-state index contributed by atoms with van der Waals surface area (Å²) >= 11 is 0. The first-order valence-electron chi connectivity index (χ1n) is 9.27. The minimum absolute atomic E-state index is 0.198. The molecule has 3 heterocycles. The summed E-state index contributed by atoms with van der Waals surface area (Å²) in [6.07, 6.45) is 4.62. The van der Waals surface area contributed by atoms with Crippen molar-refractivity contribution in [2.75, 3.05) is 38.6 Å². The first-order chi connectivity index (χ1) is 12.0. The van der Waals surface area contributed by atoms with Gasteiger partial charge in [0.05, 0.1) is 12.1 Å². The standard InChI is InChI=1S/C19H30N4O2/c1-15(2)22(3)13-18(24)23-10-8-19(14-23)12-16(7-11-25-19)21-17-6-4-5-9-20-17/h4-6,9,15-16H,7-8,10-14H2,1-3H3,(H,20,21)/t16-,19-/m1/s1. The van der Waals surface area contributed by atoms with Crippen LogP contribution in [0.5, 0.6) is 0 Å². The Kier molecular flexibility index (Phi) is 5.59. The van der Waals surface area contributed by atoms with Crippen LogP contribution in [0.25, 0.3) is 0 Å². The molecule has 1 aromatic rings. The van der Waals surface area contributed by atoms with Crippen LogP contribution in [0.15, 0.2) is 24.4 Å². The SMILES string of the molecule is CC(C)N(C)CC(=O)N1CC[C@@]2(C[C@H](Nc3ccccn3)CCO2)C1. The van der Waals surface area contributed by atoms with Gasteiger partial charge in [0.15, 0.2) is 0 Å². The molecule has 138 valence electrons. The number of aromatic nitrogens is 1. The van der Waals surface area contributed by atoms with E-state index < -0.39 is 0 Å². The highest BCUT2D eigenvalue weighted by atomic mass is 16.5. The summed E-state index contributed by atoms with van der Waals surface area (Å²) in [7, 11) is 2.00. The molecular weight excluding hydrogens is 316 g/mol. The van der Waals surface area contributed by atoms with Crippen LogP contribution in [0.3, 0.4) is 0 Å². The summed E-state index contributed by atoms with van der Waals surface area (Å²) in [6, 6.07) is 6.63. The molecule has 1 N–H and O–H groups in total. The number of amides is 1. The van der Waals surface area contributed by atoms with Crippen molar-refractivity contribution >= 4 is 11.7 Å². The second-order valence-corrected chi connectivity index (χ2v) is 7.65. The molecular formula is C19H30N4O2. The van der Waals surface area contributed by atoms with Crippen LogP contribution in [0.2, 0.25) is 0 Å². The Morgan fingerprint density at radius 1 is 1.52 bits per heavy atom. The van der Waals surface area contributed by atoms with Crippen LogP contribution >= 0.6 is 0 Å². The van der Waals surface area contributed by atoms with Crippen molar-refractivity contribution < 1.29 is 9.53 Å². The van der Waals surface area contributed by atoms with E-state index in [0.29, 0.717) is 25.2 Å². The van der Waals surface area contributed by atoms with Crippen LogP contribution < -0.4 is 5.32 Å². The molecule has 2 fully saturated rings. The molecule has 0 aromatic carbocycles. The highest BCUT2D eigenvalue weighted by Crippen LogP contribution is 2.35. The molecule has 0 saturated carbocycles. The first kappa shape index (κ1) is 18.1. The summed E-state index contributed by atoms with van der Waals surface area (Å²) in [4.78, 5) is 21.0. The smallest absolute Gasteiger partial charge is 0.236 e. The van der Waals surface area contributed by atoms with Gasteiger partial charge in [0.1, 0.15) is 5.82 Å². The van der Waals surface area contributed by atoms with Gasteiger partial charge in [-0.15, -0.1) is 0 Å². The minimum Gasteiger partial charge on any atom is -0.373 e. The Morgan fingerprint density at radius 2 is 2.36 bits per heavy atom. The van der Waals surface area contributed by atoms with E-state index >= 15 is 0 Å². The number of likely N-dealkylation sites (N-methyl/N-ethyl adjacent to an activating group) is 1. The monoisotopic (exact) mass is 346 g/mol. The summed E-state index contributed by atoms with van der Waals surface area (Å²) in [5, 5.41) is 3.52. The van der Waals surface area contributed by atoms with Gasteiger partial charge in [-0.05, 0) is 52.3 Å². The van der Waals surface area contributed by atoms with E-state index in [2.05, 4.69) is 29.0 Å². The number of anilines is 1. The fourth-order valence-corrected chi connectivity index (χ4v) is 3.65. The zero-order valence-electron chi connectivity index (χ0n) is 15.6.